The van der Waals surface area contributed by atoms with Gasteiger partial charge in [0, 0.05) is 36.7 Å². The Balaban J connectivity index is 2.03. The number of halogens is 1. The van der Waals surface area contributed by atoms with Gasteiger partial charge in [-0.1, -0.05) is 23.7 Å². The lowest BCUT2D eigenvalue weighted by Crippen LogP contribution is -2.50. The second kappa shape index (κ2) is 6.71. The van der Waals surface area contributed by atoms with Crippen molar-refractivity contribution in [2.45, 2.75) is 18.5 Å². The molecule has 4 heteroatoms. The molecule has 0 spiro atoms. The first kappa shape index (κ1) is 14.8. The lowest BCUT2D eigenvalue weighted by atomic mass is 9.97. The second-order valence-corrected chi connectivity index (χ2v) is 5.96. The van der Waals surface area contributed by atoms with Gasteiger partial charge in [-0.2, -0.15) is 0 Å². The first-order valence-corrected chi connectivity index (χ1v) is 7.29. The smallest absolute Gasteiger partial charge is 0.0406 e. The van der Waals surface area contributed by atoms with Gasteiger partial charge < -0.3 is 15.1 Å². The van der Waals surface area contributed by atoms with Crippen LogP contribution in [-0.4, -0.2) is 56.6 Å². The third kappa shape index (κ3) is 3.93. The summed E-state index contributed by atoms with van der Waals surface area (Å²) in [5, 5.41) is 4.23. The standard InChI is InChI=1S/C15H24ClN3/c1-17-15(12-4-6-13(16)7-5-12)10-14-11-18(2)8-9-19(14)3/h4-7,14-15,17H,8-11H2,1-3H3. The molecule has 0 bridgehead atoms. The maximum Gasteiger partial charge on any atom is 0.0406 e. The van der Waals surface area contributed by atoms with Crippen molar-refractivity contribution in [2.24, 2.45) is 0 Å². The fraction of sp³-hybridized carbons (Fsp3) is 0.600. The number of benzene rings is 1. The maximum absolute atomic E-state index is 5.96. The number of nitrogens with zero attached hydrogens (tertiary/aromatic N) is 2. The molecule has 0 aliphatic carbocycles. The molecule has 19 heavy (non-hydrogen) atoms. The summed E-state index contributed by atoms with van der Waals surface area (Å²) in [5.41, 5.74) is 1.31. The number of hydrogen-bond donors (Lipinski definition) is 1. The molecule has 1 aliphatic heterocycles. The van der Waals surface area contributed by atoms with E-state index in [1.54, 1.807) is 0 Å². The van der Waals surface area contributed by atoms with E-state index in [1.807, 2.05) is 19.2 Å². The summed E-state index contributed by atoms with van der Waals surface area (Å²) in [6, 6.07) is 9.17. The predicted molar refractivity (Wildman–Crippen MR) is 81.8 cm³/mol. The molecule has 0 amide bonds. The van der Waals surface area contributed by atoms with E-state index in [0.29, 0.717) is 12.1 Å². The van der Waals surface area contributed by atoms with Gasteiger partial charge >= 0.3 is 0 Å². The molecule has 1 aliphatic rings. The quantitative estimate of drug-likeness (QED) is 0.913. The average Bonchev–Trinajstić information content (AvgIpc) is 2.41. The lowest BCUT2D eigenvalue weighted by molar-refractivity contribution is 0.102. The van der Waals surface area contributed by atoms with Crippen LogP contribution in [-0.2, 0) is 0 Å². The van der Waals surface area contributed by atoms with Crippen LogP contribution in [0.2, 0.25) is 5.02 Å². The number of hydrogen-bond acceptors (Lipinski definition) is 3. The van der Waals surface area contributed by atoms with Crippen LogP contribution in [0.4, 0.5) is 0 Å². The fourth-order valence-corrected chi connectivity index (χ4v) is 2.87. The molecule has 1 N–H and O–H groups in total. The Morgan fingerprint density at radius 3 is 2.58 bits per heavy atom. The van der Waals surface area contributed by atoms with Crippen LogP contribution in [0.25, 0.3) is 0 Å². The fourth-order valence-electron chi connectivity index (χ4n) is 2.74. The van der Waals surface area contributed by atoms with Crippen molar-refractivity contribution >= 4 is 11.6 Å². The third-order valence-electron chi connectivity index (χ3n) is 4.11. The van der Waals surface area contributed by atoms with Crippen molar-refractivity contribution < 1.29 is 0 Å². The summed E-state index contributed by atoms with van der Waals surface area (Å²) in [4.78, 5) is 4.89. The number of rotatable bonds is 4. The van der Waals surface area contributed by atoms with Gasteiger partial charge in [0.25, 0.3) is 0 Å². The van der Waals surface area contributed by atoms with Crippen molar-refractivity contribution in [3.8, 4) is 0 Å². The highest BCUT2D eigenvalue weighted by atomic mass is 35.5. The highest BCUT2D eigenvalue weighted by molar-refractivity contribution is 6.30. The van der Waals surface area contributed by atoms with E-state index >= 15 is 0 Å². The minimum absolute atomic E-state index is 0.385. The van der Waals surface area contributed by atoms with Crippen LogP contribution in [0.3, 0.4) is 0 Å². The molecule has 2 rings (SSSR count). The number of nitrogens with one attached hydrogen (secondary N) is 1. The van der Waals surface area contributed by atoms with E-state index in [4.69, 9.17) is 11.6 Å². The number of likely N-dealkylation sites (N-methyl/N-ethyl adjacent to an activating group) is 2. The zero-order valence-corrected chi connectivity index (χ0v) is 12.8. The van der Waals surface area contributed by atoms with Crippen molar-refractivity contribution in [3.05, 3.63) is 34.9 Å². The van der Waals surface area contributed by atoms with E-state index in [1.165, 1.54) is 5.56 Å². The zero-order valence-electron chi connectivity index (χ0n) is 12.1. The molecule has 106 valence electrons. The van der Waals surface area contributed by atoms with Crippen molar-refractivity contribution in [3.63, 3.8) is 0 Å². The molecule has 2 unspecified atom stereocenters. The van der Waals surface area contributed by atoms with Gasteiger partial charge in [-0.3, -0.25) is 0 Å². The first-order chi connectivity index (χ1) is 9.10. The Morgan fingerprint density at radius 2 is 1.95 bits per heavy atom. The van der Waals surface area contributed by atoms with Crippen molar-refractivity contribution in [2.75, 3.05) is 40.8 Å². The van der Waals surface area contributed by atoms with E-state index < -0.39 is 0 Å². The SMILES string of the molecule is CNC(CC1CN(C)CCN1C)c1ccc(Cl)cc1. The molecule has 1 fully saturated rings. The van der Waals surface area contributed by atoms with Crippen molar-refractivity contribution in [1.82, 2.24) is 15.1 Å². The van der Waals surface area contributed by atoms with Gasteiger partial charge in [-0.15, -0.1) is 0 Å². The van der Waals surface area contributed by atoms with Crippen molar-refractivity contribution in [1.29, 1.82) is 0 Å². The molecule has 1 aromatic carbocycles. The summed E-state index contributed by atoms with van der Waals surface area (Å²) in [6.07, 6.45) is 1.12. The molecule has 0 radical (unpaired) electrons. The highest BCUT2D eigenvalue weighted by Gasteiger charge is 2.25. The molecule has 3 nitrogen and oxygen atoms in total. The summed E-state index contributed by atoms with van der Waals surface area (Å²) in [7, 11) is 6.47. The minimum atomic E-state index is 0.385. The van der Waals surface area contributed by atoms with Gasteiger partial charge in [0.05, 0.1) is 0 Å². The monoisotopic (exact) mass is 281 g/mol. The third-order valence-corrected chi connectivity index (χ3v) is 4.36. The van der Waals surface area contributed by atoms with Gasteiger partial charge in [0.1, 0.15) is 0 Å². The van der Waals surface area contributed by atoms with Gasteiger partial charge in [0.15, 0.2) is 0 Å². The minimum Gasteiger partial charge on any atom is -0.313 e. The molecule has 1 heterocycles. The van der Waals surface area contributed by atoms with Crippen LogP contribution in [0.5, 0.6) is 0 Å². The lowest BCUT2D eigenvalue weighted by Gasteiger charge is -2.39. The average molecular weight is 282 g/mol. The van der Waals surface area contributed by atoms with Gasteiger partial charge in [-0.25, -0.2) is 0 Å². The normalized spacial score (nSPS) is 23.5. The van der Waals surface area contributed by atoms with Crippen LogP contribution in [0, 0.1) is 0 Å². The number of piperazine rings is 1. The Hall–Kier alpha value is -0.610. The molecular formula is C15H24ClN3. The van der Waals surface area contributed by atoms with E-state index in [0.717, 1.165) is 31.1 Å². The molecule has 1 aromatic rings. The molecule has 0 aromatic heterocycles. The summed E-state index contributed by atoms with van der Waals surface area (Å²) in [6.45, 7) is 3.46. The predicted octanol–water partition coefficient (Wildman–Crippen LogP) is 2.24. The molecule has 0 saturated carbocycles. The van der Waals surface area contributed by atoms with Gasteiger partial charge in [0.2, 0.25) is 0 Å². The van der Waals surface area contributed by atoms with Crippen LogP contribution < -0.4 is 5.32 Å². The highest BCUT2D eigenvalue weighted by Crippen LogP contribution is 2.23. The summed E-state index contributed by atoms with van der Waals surface area (Å²) >= 11 is 5.96. The van der Waals surface area contributed by atoms with Crippen LogP contribution >= 0.6 is 11.6 Å². The Kier molecular flexibility index (Phi) is 5.22. The van der Waals surface area contributed by atoms with Crippen LogP contribution in [0.1, 0.15) is 18.0 Å². The van der Waals surface area contributed by atoms with E-state index in [2.05, 4.69) is 41.3 Å². The maximum atomic E-state index is 5.96. The molecule has 2 atom stereocenters. The van der Waals surface area contributed by atoms with Gasteiger partial charge in [-0.05, 0) is 45.3 Å². The van der Waals surface area contributed by atoms with E-state index in [9.17, 15) is 0 Å². The van der Waals surface area contributed by atoms with Crippen LogP contribution in [0.15, 0.2) is 24.3 Å². The topological polar surface area (TPSA) is 18.5 Å². The second-order valence-electron chi connectivity index (χ2n) is 5.53. The Bertz CT molecular complexity index is 393. The Labute approximate surface area is 121 Å². The zero-order chi connectivity index (χ0) is 13.8. The summed E-state index contributed by atoms with van der Waals surface area (Å²) in [5.74, 6) is 0. The largest absolute Gasteiger partial charge is 0.313 e. The molecule has 1 saturated heterocycles. The molecular weight excluding hydrogens is 258 g/mol. The first-order valence-electron chi connectivity index (χ1n) is 6.91. The Morgan fingerprint density at radius 1 is 1.26 bits per heavy atom. The van der Waals surface area contributed by atoms with E-state index in [-0.39, 0.29) is 0 Å². The summed E-state index contributed by atoms with van der Waals surface area (Å²) < 4.78 is 0.